The molecule has 19 heavy (non-hydrogen) atoms. The zero-order chi connectivity index (χ0) is 13.8. The van der Waals surface area contributed by atoms with Crippen molar-refractivity contribution in [1.29, 1.82) is 0 Å². The summed E-state index contributed by atoms with van der Waals surface area (Å²) in [7, 11) is 0. The Balaban J connectivity index is 2.13. The Morgan fingerprint density at radius 3 is 2.42 bits per heavy atom. The fourth-order valence-electron chi connectivity index (χ4n) is 1.92. The van der Waals surface area contributed by atoms with Crippen LogP contribution in [0.4, 0.5) is 5.69 Å². The Morgan fingerprint density at radius 2 is 1.79 bits per heavy atom. The molecule has 1 N–H and O–H groups in total. The maximum Gasteiger partial charge on any atom is 0.246 e. The number of hydrogen-bond acceptors (Lipinski definition) is 1. The molecule has 1 atom stereocenters. The molecule has 0 radical (unpaired) electrons. The molecule has 0 bridgehead atoms. The number of rotatable bonds is 3. The van der Waals surface area contributed by atoms with Gasteiger partial charge in [-0.1, -0.05) is 48.0 Å². The third-order valence-electron chi connectivity index (χ3n) is 2.96. The van der Waals surface area contributed by atoms with Crippen LogP contribution in [-0.4, -0.2) is 5.91 Å². The highest BCUT2D eigenvalue weighted by atomic mass is 35.5. The average molecular weight is 274 g/mol. The highest BCUT2D eigenvalue weighted by Gasteiger charge is 2.17. The number of aryl methyl sites for hydroxylation is 2. The van der Waals surface area contributed by atoms with Crippen LogP contribution in [0.1, 0.15) is 22.1 Å². The number of halogens is 1. The van der Waals surface area contributed by atoms with E-state index in [0.29, 0.717) is 0 Å². The lowest BCUT2D eigenvalue weighted by Crippen LogP contribution is -2.17. The van der Waals surface area contributed by atoms with Gasteiger partial charge in [-0.2, -0.15) is 0 Å². The molecule has 0 fully saturated rings. The van der Waals surface area contributed by atoms with Gasteiger partial charge >= 0.3 is 0 Å². The minimum absolute atomic E-state index is 0.209. The number of hydrogen-bond donors (Lipinski definition) is 1. The molecule has 0 saturated carbocycles. The molecule has 0 spiro atoms. The van der Waals surface area contributed by atoms with Crippen molar-refractivity contribution in [1.82, 2.24) is 0 Å². The van der Waals surface area contributed by atoms with Crippen LogP contribution in [0.15, 0.2) is 48.5 Å². The van der Waals surface area contributed by atoms with Crippen molar-refractivity contribution in [3.8, 4) is 0 Å². The van der Waals surface area contributed by atoms with Gasteiger partial charge in [0.25, 0.3) is 0 Å². The van der Waals surface area contributed by atoms with E-state index in [9.17, 15) is 4.79 Å². The lowest BCUT2D eigenvalue weighted by atomic mass is 10.1. The first-order chi connectivity index (χ1) is 9.08. The summed E-state index contributed by atoms with van der Waals surface area (Å²) in [4.78, 5) is 12.1. The lowest BCUT2D eigenvalue weighted by molar-refractivity contribution is -0.116. The molecule has 3 heteroatoms. The van der Waals surface area contributed by atoms with E-state index in [2.05, 4.69) is 5.32 Å². The third kappa shape index (κ3) is 3.36. The van der Waals surface area contributed by atoms with E-state index in [0.717, 1.165) is 16.8 Å². The van der Waals surface area contributed by atoms with Crippen molar-refractivity contribution in [2.75, 3.05) is 5.32 Å². The molecule has 1 unspecified atom stereocenters. The first kappa shape index (κ1) is 13.6. The number of nitrogens with one attached hydrogen (secondary N) is 1. The zero-order valence-electron chi connectivity index (χ0n) is 11.0. The molecule has 2 aromatic rings. The van der Waals surface area contributed by atoms with Crippen LogP contribution in [0.3, 0.4) is 0 Å². The molecule has 98 valence electrons. The van der Waals surface area contributed by atoms with Gasteiger partial charge in [-0.05, 0) is 31.0 Å². The summed E-state index contributed by atoms with van der Waals surface area (Å²) in [6, 6.07) is 15.2. The van der Waals surface area contributed by atoms with Gasteiger partial charge in [-0.3, -0.25) is 4.79 Å². The Labute approximate surface area is 118 Å². The SMILES string of the molecule is Cc1ccc(NC(=O)C(Cl)c2ccccc2)c(C)c1. The van der Waals surface area contributed by atoms with E-state index in [1.54, 1.807) is 0 Å². The standard InChI is InChI=1S/C16H16ClNO/c1-11-8-9-14(12(2)10-11)18-16(19)15(17)13-6-4-3-5-7-13/h3-10,15H,1-2H3,(H,18,19). The Bertz CT molecular complexity index is 581. The van der Waals surface area contributed by atoms with E-state index in [-0.39, 0.29) is 5.91 Å². The molecular formula is C16H16ClNO. The zero-order valence-corrected chi connectivity index (χ0v) is 11.7. The molecule has 0 aliphatic rings. The van der Waals surface area contributed by atoms with Gasteiger partial charge in [0.2, 0.25) is 5.91 Å². The monoisotopic (exact) mass is 273 g/mol. The number of benzene rings is 2. The number of anilines is 1. The summed E-state index contributed by atoms with van der Waals surface area (Å²) in [6.07, 6.45) is 0. The normalized spacial score (nSPS) is 11.9. The van der Waals surface area contributed by atoms with Gasteiger partial charge in [-0.25, -0.2) is 0 Å². The molecule has 0 aliphatic carbocycles. The molecule has 0 heterocycles. The molecule has 0 aromatic heterocycles. The highest BCUT2D eigenvalue weighted by molar-refractivity contribution is 6.32. The smallest absolute Gasteiger partial charge is 0.246 e. The molecule has 0 saturated heterocycles. The molecular weight excluding hydrogens is 258 g/mol. The van der Waals surface area contributed by atoms with E-state index in [1.807, 2.05) is 62.4 Å². The number of alkyl halides is 1. The summed E-state index contributed by atoms with van der Waals surface area (Å²) in [5, 5.41) is 2.19. The van der Waals surface area contributed by atoms with Crippen molar-refractivity contribution >= 4 is 23.2 Å². The minimum atomic E-state index is -0.679. The predicted octanol–water partition coefficient (Wildman–Crippen LogP) is 4.22. The van der Waals surface area contributed by atoms with Gasteiger partial charge in [0.15, 0.2) is 0 Å². The molecule has 2 rings (SSSR count). The number of carbonyl (C=O) groups excluding carboxylic acids is 1. The maximum absolute atomic E-state index is 12.1. The van der Waals surface area contributed by atoms with Crippen LogP contribution in [0.25, 0.3) is 0 Å². The van der Waals surface area contributed by atoms with Gasteiger partial charge in [0.05, 0.1) is 0 Å². The van der Waals surface area contributed by atoms with E-state index in [1.165, 1.54) is 5.56 Å². The lowest BCUT2D eigenvalue weighted by Gasteiger charge is -2.13. The van der Waals surface area contributed by atoms with E-state index in [4.69, 9.17) is 11.6 Å². The Morgan fingerprint density at radius 1 is 1.11 bits per heavy atom. The fourth-order valence-corrected chi connectivity index (χ4v) is 2.12. The highest BCUT2D eigenvalue weighted by Crippen LogP contribution is 2.23. The Hall–Kier alpha value is -1.80. The van der Waals surface area contributed by atoms with Crippen LogP contribution in [0.2, 0.25) is 0 Å². The van der Waals surface area contributed by atoms with Crippen molar-refractivity contribution < 1.29 is 4.79 Å². The maximum atomic E-state index is 12.1. The summed E-state index contributed by atoms with van der Waals surface area (Å²) in [5.74, 6) is -0.209. The van der Waals surface area contributed by atoms with Crippen molar-refractivity contribution in [2.45, 2.75) is 19.2 Å². The average Bonchev–Trinajstić information content (AvgIpc) is 2.42. The van der Waals surface area contributed by atoms with Crippen LogP contribution in [-0.2, 0) is 4.79 Å². The third-order valence-corrected chi connectivity index (χ3v) is 3.41. The van der Waals surface area contributed by atoms with Crippen LogP contribution < -0.4 is 5.32 Å². The summed E-state index contributed by atoms with van der Waals surface area (Å²) in [6.45, 7) is 3.99. The first-order valence-corrected chi connectivity index (χ1v) is 6.58. The van der Waals surface area contributed by atoms with Gasteiger partial charge in [0.1, 0.15) is 5.38 Å². The second kappa shape index (κ2) is 5.89. The number of carbonyl (C=O) groups is 1. The van der Waals surface area contributed by atoms with Gasteiger partial charge in [0, 0.05) is 5.69 Å². The second-order valence-corrected chi connectivity index (χ2v) is 5.02. The van der Waals surface area contributed by atoms with Crippen molar-refractivity contribution in [2.24, 2.45) is 0 Å². The van der Waals surface area contributed by atoms with Crippen molar-refractivity contribution in [3.05, 3.63) is 65.2 Å². The van der Waals surface area contributed by atoms with Gasteiger partial charge < -0.3 is 5.32 Å². The topological polar surface area (TPSA) is 29.1 Å². The van der Waals surface area contributed by atoms with Crippen molar-refractivity contribution in [3.63, 3.8) is 0 Å². The first-order valence-electron chi connectivity index (χ1n) is 6.15. The van der Waals surface area contributed by atoms with E-state index < -0.39 is 5.38 Å². The fraction of sp³-hybridized carbons (Fsp3) is 0.188. The molecule has 2 aromatic carbocycles. The molecule has 0 aliphatic heterocycles. The minimum Gasteiger partial charge on any atom is -0.324 e. The second-order valence-electron chi connectivity index (χ2n) is 4.58. The predicted molar refractivity (Wildman–Crippen MR) is 79.6 cm³/mol. The van der Waals surface area contributed by atoms with Crippen LogP contribution in [0.5, 0.6) is 0 Å². The van der Waals surface area contributed by atoms with E-state index >= 15 is 0 Å². The number of amides is 1. The summed E-state index contributed by atoms with van der Waals surface area (Å²) in [5.41, 5.74) is 3.80. The van der Waals surface area contributed by atoms with Crippen LogP contribution >= 0.6 is 11.6 Å². The van der Waals surface area contributed by atoms with Crippen LogP contribution in [0, 0.1) is 13.8 Å². The molecule has 1 amide bonds. The summed E-state index contributed by atoms with van der Waals surface area (Å²) < 4.78 is 0. The summed E-state index contributed by atoms with van der Waals surface area (Å²) >= 11 is 6.18. The Kier molecular flexibility index (Phi) is 4.23. The quantitative estimate of drug-likeness (QED) is 0.834. The van der Waals surface area contributed by atoms with Gasteiger partial charge in [-0.15, -0.1) is 11.6 Å². The molecule has 2 nitrogen and oxygen atoms in total. The largest absolute Gasteiger partial charge is 0.324 e.